The maximum absolute atomic E-state index is 9.21. The van der Waals surface area contributed by atoms with Crippen LogP contribution >= 0.6 is 22.9 Å². The monoisotopic (exact) mass is 176 g/mol. The third-order valence-electron chi connectivity index (χ3n) is 0.663. The molecule has 0 saturated carbocycles. The van der Waals surface area contributed by atoms with Gasteiger partial charge in [0.15, 0.2) is 0 Å². The first-order valence-electron chi connectivity index (χ1n) is 2.79. The van der Waals surface area contributed by atoms with Crippen LogP contribution in [0.1, 0.15) is 11.8 Å². The number of thiophene rings is 1. The molecule has 0 saturated heterocycles. The summed E-state index contributed by atoms with van der Waals surface area (Å²) in [4.78, 5) is 10.6. The summed E-state index contributed by atoms with van der Waals surface area (Å²) in [7, 11) is 0. The van der Waals surface area contributed by atoms with Crippen molar-refractivity contribution >= 4 is 28.2 Å². The van der Waals surface area contributed by atoms with E-state index in [1.54, 1.807) is 11.3 Å². The van der Waals surface area contributed by atoms with Crippen LogP contribution in [-0.4, -0.2) is 5.24 Å². The third-order valence-corrected chi connectivity index (χ3v) is 1.46. The molecule has 0 unspecified atom stereocenters. The SMILES string of the molecule is CC(=O)Cl.Cc1cccs1. The van der Waals surface area contributed by atoms with E-state index in [-0.39, 0.29) is 5.24 Å². The highest BCUT2D eigenvalue weighted by Crippen LogP contribution is 2.03. The summed E-state index contributed by atoms with van der Waals surface area (Å²) in [5.74, 6) is 0. The van der Waals surface area contributed by atoms with Gasteiger partial charge in [0.05, 0.1) is 0 Å². The number of rotatable bonds is 0. The summed E-state index contributed by atoms with van der Waals surface area (Å²) in [5, 5.41) is 1.72. The molecule has 1 heterocycles. The first kappa shape index (κ1) is 9.66. The molecule has 10 heavy (non-hydrogen) atoms. The van der Waals surface area contributed by atoms with Crippen LogP contribution in [0.2, 0.25) is 0 Å². The Morgan fingerprint density at radius 2 is 2.20 bits per heavy atom. The molecular formula is C7H9ClOS. The maximum atomic E-state index is 9.21. The van der Waals surface area contributed by atoms with Gasteiger partial charge in [-0.2, -0.15) is 0 Å². The van der Waals surface area contributed by atoms with E-state index in [2.05, 4.69) is 36.0 Å². The van der Waals surface area contributed by atoms with Gasteiger partial charge in [-0.3, -0.25) is 4.79 Å². The average Bonchev–Trinajstić information content (AvgIpc) is 2.15. The lowest BCUT2D eigenvalue weighted by atomic mass is 10.5. The lowest BCUT2D eigenvalue weighted by Crippen LogP contribution is -1.62. The summed E-state index contributed by atoms with van der Waals surface area (Å²) >= 11 is 6.41. The summed E-state index contributed by atoms with van der Waals surface area (Å²) in [6, 6.07) is 4.16. The zero-order valence-electron chi connectivity index (χ0n) is 5.93. The molecule has 1 rings (SSSR count). The summed E-state index contributed by atoms with van der Waals surface area (Å²) < 4.78 is 0. The fourth-order valence-corrected chi connectivity index (χ4v) is 0.890. The molecule has 0 N–H and O–H groups in total. The fraction of sp³-hybridized carbons (Fsp3) is 0.286. The van der Waals surface area contributed by atoms with Crippen LogP contribution in [0.4, 0.5) is 0 Å². The number of hydrogen-bond donors (Lipinski definition) is 0. The Kier molecular flexibility index (Phi) is 5.26. The van der Waals surface area contributed by atoms with Crippen molar-refractivity contribution in [1.29, 1.82) is 0 Å². The minimum absolute atomic E-state index is 0.361. The van der Waals surface area contributed by atoms with Gasteiger partial charge < -0.3 is 0 Å². The van der Waals surface area contributed by atoms with Crippen LogP contribution in [0.25, 0.3) is 0 Å². The summed E-state index contributed by atoms with van der Waals surface area (Å²) in [5.41, 5.74) is 0. The van der Waals surface area contributed by atoms with Crippen LogP contribution in [0, 0.1) is 6.92 Å². The number of carbonyl (C=O) groups excluding carboxylic acids is 1. The number of hydrogen-bond acceptors (Lipinski definition) is 2. The Morgan fingerprint density at radius 1 is 1.70 bits per heavy atom. The molecule has 0 bridgehead atoms. The van der Waals surface area contributed by atoms with Crippen LogP contribution in [0.5, 0.6) is 0 Å². The number of aryl methyl sites for hydroxylation is 1. The molecule has 0 amide bonds. The Hall–Kier alpha value is -0.340. The number of carbonyl (C=O) groups is 1. The van der Waals surface area contributed by atoms with E-state index in [0.717, 1.165) is 0 Å². The van der Waals surface area contributed by atoms with E-state index in [4.69, 9.17) is 0 Å². The summed E-state index contributed by atoms with van der Waals surface area (Å²) in [6.07, 6.45) is 0. The molecule has 1 nitrogen and oxygen atoms in total. The maximum Gasteiger partial charge on any atom is 0.218 e. The first-order chi connectivity index (χ1) is 4.63. The van der Waals surface area contributed by atoms with Crippen molar-refractivity contribution < 1.29 is 4.79 Å². The van der Waals surface area contributed by atoms with Crippen molar-refractivity contribution in [1.82, 2.24) is 0 Å². The number of halogens is 1. The zero-order chi connectivity index (χ0) is 7.98. The van der Waals surface area contributed by atoms with Gasteiger partial charge >= 0.3 is 0 Å². The second-order valence-electron chi connectivity index (χ2n) is 1.69. The third kappa shape index (κ3) is 7.66. The van der Waals surface area contributed by atoms with Gasteiger partial charge in [-0.1, -0.05) is 6.07 Å². The zero-order valence-corrected chi connectivity index (χ0v) is 7.50. The standard InChI is InChI=1S/C5H6S.C2H3ClO/c1-5-3-2-4-6-5;1-2(3)4/h2-4H,1H3;1H3. The highest BCUT2D eigenvalue weighted by Gasteiger charge is 1.74. The average molecular weight is 177 g/mol. The minimum Gasteiger partial charge on any atom is -0.282 e. The molecule has 0 spiro atoms. The predicted octanol–water partition coefficient (Wildman–Crippen LogP) is 2.83. The largest absolute Gasteiger partial charge is 0.282 e. The van der Waals surface area contributed by atoms with Crippen molar-refractivity contribution in [2.24, 2.45) is 0 Å². The van der Waals surface area contributed by atoms with Gasteiger partial charge in [0.2, 0.25) is 5.24 Å². The molecule has 1 aromatic heterocycles. The molecule has 0 radical (unpaired) electrons. The second-order valence-corrected chi connectivity index (χ2v) is 3.38. The van der Waals surface area contributed by atoms with E-state index in [1.807, 2.05) is 0 Å². The molecule has 0 aromatic carbocycles. The van der Waals surface area contributed by atoms with Crippen LogP contribution in [0.3, 0.4) is 0 Å². The molecule has 0 atom stereocenters. The van der Waals surface area contributed by atoms with Gasteiger partial charge in [-0.25, -0.2) is 0 Å². The van der Waals surface area contributed by atoms with Gasteiger partial charge in [-0.05, 0) is 30.0 Å². The van der Waals surface area contributed by atoms with E-state index < -0.39 is 0 Å². The summed E-state index contributed by atoms with van der Waals surface area (Å²) in [6.45, 7) is 3.40. The molecular weight excluding hydrogens is 168 g/mol. The van der Waals surface area contributed by atoms with Gasteiger partial charge in [0, 0.05) is 11.8 Å². The van der Waals surface area contributed by atoms with Crippen molar-refractivity contribution in [3.8, 4) is 0 Å². The fourth-order valence-electron chi connectivity index (χ4n) is 0.361. The van der Waals surface area contributed by atoms with Crippen molar-refractivity contribution in [3.63, 3.8) is 0 Å². The highest BCUT2D eigenvalue weighted by molar-refractivity contribution is 7.09. The Morgan fingerprint density at radius 3 is 2.30 bits per heavy atom. The van der Waals surface area contributed by atoms with Crippen LogP contribution < -0.4 is 0 Å². The molecule has 0 aliphatic carbocycles. The van der Waals surface area contributed by atoms with E-state index in [1.165, 1.54) is 11.8 Å². The smallest absolute Gasteiger partial charge is 0.218 e. The van der Waals surface area contributed by atoms with E-state index >= 15 is 0 Å². The molecule has 56 valence electrons. The molecule has 0 aliphatic rings. The lowest BCUT2D eigenvalue weighted by Gasteiger charge is -1.65. The van der Waals surface area contributed by atoms with Gasteiger partial charge in [-0.15, -0.1) is 11.3 Å². The van der Waals surface area contributed by atoms with E-state index in [9.17, 15) is 4.79 Å². The Balaban J connectivity index is 0.000000180. The highest BCUT2D eigenvalue weighted by atomic mass is 35.5. The molecule has 1 aromatic rings. The normalized spacial score (nSPS) is 7.90. The van der Waals surface area contributed by atoms with Gasteiger partial charge in [0.25, 0.3) is 0 Å². The first-order valence-corrected chi connectivity index (χ1v) is 4.05. The van der Waals surface area contributed by atoms with Crippen molar-refractivity contribution in [3.05, 3.63) is 22.4 Å². The molecule has 0 aliphatic heterocycles. The minimum atomic E-state index is -0.361. The van der Waals surface area contributed by atoms with Crippen molar-refractivity contribution in [2.75, 3.05) is 0 Å². The molecule has 3 heteroatoms. The topological polar surface area (TPSA) is 17.1 Å². The van der Waals surface area contributed by atoms with Crippen LogP contribution in [0.15, 0.2) is 17.5 Å². The van der Waals surface area contributed by atoms with Gasteiger partial charge in [0.1, 0.15) is 0 Å². The lowest BCUT2D eigenvalue weighted by molar-refractivity contribution is -0.109. The second kappa shape index (κ2) is 5.45. The quantitative estimate of drug-likeness (QED) is 0.556. The van der Waals surface area contributed by atoms with E-state index in [0.29, 0.717) is 0 Å². The Labute approximate surface area is 69.6 Å². The predicted molar refractivity (Wildman–Crippen MR) is 45.6 cm³/mol. The molecule has 0 fully saturated rings. The van der Waals surface area contributed by atoms with Crippen molar-refractivity contribution in [2.45, 2.75) is 13.8 Å². The van der Waals surface area contributed by atoms with Crippen LogP contribution in [-0.2, 0) is 4.79 Å². The Bertz CT molecular complexity index is 177.